The van der Waals surface area contributed by atoms with Crippen LogP contribution in [0.4, 0.5) is 0 Å². The molecule has 0 fully saturated rings. The van der Waals surface area contributed by atoms with Crippen LogP contribution in [0.3, 0.4) is 0 Å². The minimum absolute atomic E-state index is 0.475. The van der Waals surface area contributed by atoms with E-state index in [0.717, 1.165) is 17.1 Å². The molecular formula is C11H20N2. The van der Waals surface area contributed by atoms with Crippen molar-refractivity contribution in [3.8, 4) is 0 Å². The summed E-state index contributed by atoms with van der Waals surface area (Å²) in [5.74, 6) is 0.475. The molecule has 1 aromatic rings. The highest BCUT2D eigenvalue weighted by Gasteiger charge is 2.04. The van der Waals surface area contributed by atoms with E-state index in [1.165, 1.54) is 0 Å². The lowest BCUT2D eigenvalue weighted by molar-refractivity contribution is 0.789. The van der Waals surface area contributed by atoms with E-state index in [2.05, 4.69) is 23.8 Å². The van der Waals surface area contributed by atoms with Crippen LogP contribution in [0.15, 0.2) is 6.20 Å². The number of nitrogens with zero attached hydrogens (tertiary/aromatic N) is 2. The molecular weight excluding hydrogens is 160 g/mol. The fraction of sp³-hybridized carbons (Fsp3) is 0.636. The Hall–Kier alpha value is -0.920. The van der Waals surface area contributed by atoms with Crippen molar-refractivity contribution in [2.75, 3.05) is 0 Å². The third kappa shape index (κ3) is 3.53. The van der Waals surface area contributed by atoms with Gasteiger partial charge in [0.05, 0.1) is 17.1 Å². The Bertz CT molecular complexity index is 254. The highest BCUT2D eigenvalue weighted by molar-refractivity contribution is 5.14. The first-order valence-corrected chi connectivity index (χ1v) is 4.91. The maximum atomic E-state index is 4.33. The van der Waals surface area contributed by atoms with E-state index in [4.69, 9.17) is 0 Å². The molecule has 0 saturated carbocycles. The molecule has 13 heavy (non-hydrogen) atoms. The molecule has 74 valence electrons. The van der Waals surface area contributed by atoms with Crippen LogP contribution in [0.1, 0.15) is 50.7 Å². The van der Waals surface area contributed by atoms with Crippen LogP contribution in [0.2, 0.25) is 0 Å². The number of hydrogen-bond donors (Lipinski definition) is 0. The van der Waals surface area contributed by atoms with Gasteiger partial charge in [-0.25, -0.2) is 0 Å². The molecule has 0 unspecified atom stereocenters. The molecule has 0 bridgehead atoms. The summed E-state index contributed by atoms with van der Waals surface area (Å²) in [6, 6.07) is 0. The van der Waals surface area contributed by atoms with Crippen molar-refractivity contribution in [3.63, 3.8) is 0 Å². The summed E-state index contributed by atoms with van der Waals surface area (Å²) >= 11 is 0. The van der Waals surface area contributed by atoms with E-state index < -0.39 is 0 Å². The fourth-order valence-electron chi connectivity index (χ4n) is 1.17. The Kier molecular flexibility index (Phi) is 5.28. The summed E-state index contributed by atoms with van der Waals surface area (Å²) in [4.78, 5) is 8.65. The topological polar surface area (TPSA) is 25.8 Å². The van der Waals surface area contributed by atoms with Gasteiger partial charge in [-0.15, -0.1) is 0 Å². The van der Waals surface area contributed by atoms with E-state index in [1.54, 1.807) is 0 Å². The molecule has 0 amide bonds. The van der Waals surface area contributed by atoms with E-state index in [1.807, 2.05) is 33.9 Å². The Morgan fingerprint density at radius 3 is 2.08 bits per heavy atom. The van der Waals surface area contributed by atoms with Crippen LogP contribution in [0.5, 0.6) is 0 Å². The van der Waals surface area contributed by atoms with Crippen molar-refractivity contribution >= 4 is 0 Å². The van der Waals surface area contributed by atoms with Gasteiger partial charge in [0.2, 0.25) is 0 Å². The van der Waals surface area contributed by atoms with Crippen LogP contribution >= 0.6 is 0 Å². The maximum Gasteiger partial charge on any atom is 0.0641 e. The molecule has 0 aliphatic heterocycles. The van der Waals surface area contributed by atoms with E-state index >= 15 is 0 Å². The molecule has 0 radical (unpaired) electrons. The third-order valence-electron chi connectivity index (χ3n) is 1.65. The van der Waals surface area contributed by atoms with Gasteiger partial charge in [-0.05, 0) is 19.8 Å². The number of aryl methyl sites for hydroxylation is 2. The zero-order valence-corrected chi connectivity index (χ0v) is 9.55. The lowest BCUT2D eigenvalue weighted by Gasteiger charge is -2.06. The second-order valence-electron chi connectivity index (χ2n) is 3.14. The minimum Gasteiger partial charge on any atom is -0.257 e. The van der Waals surface area contributed by atoms with Crippen molar-refractivity contribution in [1.82, 2.24) is 9.97 Å². The molecule has 0 aliphatic rings. The number of hydrogen-bond acceptors (Lipinski definition) is 2. The zero-order valence-electron chi connectivity index (χ0n) is 9.55. The average Bonchev–Trinajstić information content (AvgIpc) is 2.07. The van der Waals surface area contributed by atoms with Gasteiger partial charge in [-0.3, -0.25) is 9.97 Å². The summed E-state index contributed by atoms with van der Waals surface area (Å²) in [5, 5.41) is 0. The van der Waals surface area contributed by atoms with Crippen LogP contribution in [-0.2, 0) is 0 Å². The lowest BCUT2D eigenvalue weighted by Crippen LogP contribution is -2.00. The molecule has 2 heteroatoms. The number of aromatic nitrogens is 2. The van der Waals surface area contributed by atoms with Gasteiger partial charge in [0, 0.05) is 6.20 Å². The monoisotopic (exact) mass is 180 g/mol. The van der Waals surface area contributed by atoms with Crippen LogP contribution in [-0.4, -0.2) is 9.97 Å². The highest BCUT2D eigenvalue weighted by atomic mass is 14.8. The Morgan fingerprint density at radius 2 is 1.69 bits per heavy atom. The van der Waals surface area contributed by atoms with Gasteiger partial charge in [-0.1, -0.05) is 27.7 Å². The molecule has 0 N–H and O–H groups in total. The molecule has 0 aromatic carbocycles. The van der Waals surface area contributed by atoms with Crippen molar-refractivity contribution < 1.29 is 0 Å². The third-order valence-corrected chi connectivity index (χ3v) is 1.65. The number of rotatable bonds is 1. The summed E-state index contributed by atoms with van der Waals surface area (Å²) in [6.07, 6.45) is 1.82. The second kappa shape index (κ2) is 5.68. The van der Waals surface area contributed by atoms with Crippen LogP contribution in [0, 0.1) is 13.8 Å². The molecule has 0 spiro atoms. The second-order valence-corrected chi connectivity index (χ2v) is 3.14. The highest BCUT2D eigenvalue weighted by Crippen LogP contribution is 2.13. The first-order chi connectivity index (χ1) is 6.11. The standard InChI is InChI=1S/C9H14N2.C2H6/c1-6(2)9-8(4)11-7(3)5-10-9;1-2/h5-6H,1-4H3;1-2H3. The van der Waals surface area contributed by atoms with Crippen molar-refractivity contribution in [2.45, 2.75) is 47.5 Å². The SMILES string of the molecule is CC.Cc1cnc(C(C)C)c(C)n1. The van der Waals surface area contributed by atoms with Gasteiger partial charge in [0.25, 0.3) is 0 Å². The van der Waals surface area contributed by atoms with Gasteiger partial charge in [0.1, 0.15) is 0 Å². The Balaban J connectivity index is 0.000000671. The van der Waals surface area contributed by atoms with Crippen molar-refractivity contribution in [3.05, 3.63) is 23.3 Å². The molecule has 1 aromatic heterocycles. The molecule has 2 nitrogen and oxygen atoms in total. The quantitative estimate of drug-likeness (QED) is 0.663. The molecule has 0 aliphatic carbocycles. The zero-order chi connectivity index (χ0) is 10.4. The van der Waals surface area contributed by atoms with Crippen molar-refractivity contribution in [1.29, 1.82) is 0 Å². The van der Waals surface area contributed by atoms with Gasteiger partial charge in [0.15, 0.2) is 0 Å². The van der Waals surface area contributed by atoms with E-state index in [0.29, 0.717) is 5.92 Å². The minimum atomic E-state index is 0.475. The summed E-state index contributed by atoms with van der Waals surface area (Å²) in [6.45, 7) is 12.2. The first-order valence-electron chi connectivity index (χ1n) is 4.91. The summed E-state index contributed by atoms with van der Waals surface area (Å²) < 4.78 is 0. The van der Waals surface area contributed by atoms with E-state index in [-0.39, 0.29) is 0 Å². The molecule has 0 saturated heterocycles. The average molecular weight is 180 g/mol. The summed E-state index contributed by atoms with van der Waals surface area (Å²) in [7, 11) is 0. The normalized spacial score (nSPS) is 9.46. The Labute approximate surface area is 81.4 Å². The van der Waals surface area contributed by atoms with E-state index in [9.17, 15) is 0 Å². The van der Waals surface area contributed by atoms with Crippen LogP contribution < -0.4 is 0 Å². The van der Waals surface area contributed by atoms with Crippen LogP contribution in [0.25, 0.3) is 0 Å². The van der Waals surface area contributed by atoms with Gasteiger partial charge >= 0.3 is 0 Å². The predicted molar refractivity (Wildman–Crippen MR) is 56.9 cm³/mol. The largest absolute Gasteiger partial charge is 0.257 e. The maximum absolute atomic E-state index is 4.33. The lowest BCUT2D eigenvalue weighted by atomic mass is 10.1. The molecule has 0 atom stereocenters. The van der Waals surface area contributed by atoms with Crippen molar-refractivity contribution in [2.24, 2.45) is 0 Å². The first kappa shape index (κ1) is 12.1. The summed E-state index contributed by atoms with van der Waals surface area (Å²) in [5.41, 5.74) is 3.16. The smallest absolute Gasteiger partial charge is 0.0641 e. The Morgan fingerprint density at radius 1 is 1.15 bits per heavy atom. The van der Waals surface area contributed by atoms with Gasteiger partial charge < -0.3 is 0 Å². The predicted octanol–water partition coefficient (Wildman–Crippen LogP) is 3.24. The fourth-order valence-corrected chi connectivity index (χ4v) is 1.17. The van der Waals surface area contributed by atoms with Gasteiger partial charge in [-0.2, -0.15) is 0 Å². The molecule has 1 heterocycles. The molecule has 1 rings (SSSR count).